The van der Waals surface area contributed by atoms with Gasteiger partial charge in [0.15, 0.2) is 12.2 Å². The Balaban J connectivity index is 5.22. The van der Waals surface area contributed by atoms with Crippen molar-refractivity contribution in [1.82, 2.24) is 0 Å². The molecule has 0 amide bonds. The molecule has 0 aliphatic rings. The fraction of sp³-hybridized carbons (Fsp3) is 0.953. The van der Waals surface area contributed by atoms with Crippen molar-refractivity contribution in [3.63, 3.8) is 0 Å². The number of unbranched alkanes of at least 4 members (excludes halogenated alkanes) is 55. The van der Waals surface area contributed by atoms with E-state index in [2.05, 4.69) is 41.5 Å². The zero-order valence-corrected chi connectivity index (χ0v) is 70.8. The third-order valence-electron chi connectivity index (χ3n) is 20.2. The van der Waals surface area contributed by atoms with Crippen molar-refractivity contribution in [3.05, 3.63) is 0 Å². The lowest BCUT2D eigenvalue weighted by Gasteiger charge is -2.21. The number of aliphatic hydroxyl groups is 1. The van der Waals surface area contributed by atoms with Gasteiger partial charge in [0.05, 0.1) is 26.4 Å². The van der Waals surface area contributed by atoms with Gasteiger partial charge in [-0.05, 0) is 37.5 Å². The monoisotopic (exact) mass is 1540 g/mol. The van der Waals surface area contributed by atoms with Crippen LogP contribution in [0.1, 0.15) is 459 Å². The zero-order valence-electron chi connectivity index (χ0n) is 69.0. The van der Waals surface area contributed by atoms with Crippen LogP contribution in [0.5, 0.6) is 0 Å². The molecule has 624 valence electrons. The van der Waals surface area contributed by atoms with Crippen LogP contribution in [0.4, 0.5) is 0 Å². The summed E-state index contributed by atoms with van der Waals surface area (Å²) in [6.07, 6.45) is 69.5. The second-order valence-electron chi connectivity index (χ2n) is 31.9. The summed E-state index contributed by atoms with van der Waals surface area (Å²) in [6.45, 7) is 9.67. The average Bonchev–Trinajstić information content (AvgIpc) is 0.913. The fourth-order valence-electron chi connectivity index (χ4n) is 13.4. The first-order chi connectivity index (χ1) is 50.9. The molecule has 0 aromatic heterocycles. The molecule has 17 nitrogen and oxygen atoms in total. The predicted octanol–water partition coefficient (Wildman–Crippen LogP) is 26.2. The van der Waals surface area contributed by atoms with Gasteiger partial charge in [0.1, 0.15) is 19.3 Å². The average molecular weight is 1540 g/mol. The van der Waals surface area contributed by atoms with Crippen molar-refractivity contribution in [2.75, 3.05) is 39.6 Å². The molecule has 3 N–H and O–H groups in total. The SMILES string of the molecule is CCCCCCCCCCCCCCCCCCCCCCCCC(=O)O[C@H](COC(=O)CCCCCCCCCCCCCCCCCCC(C)C)COP(=O)(O)OC[C@@H](O)COP(=O)(O)OC[C@@H](COC(=O)CCCCCCCCCCCCCC)OC(=O)CCCCCCCCCCCC(C)C. The minimum Gasteiger partial charge on any atom is -0.462 e. The lowest BCUT2D eigenvalue weighted by Crippen LogP contribution is -2.30. The second kappa shape index (κ2) is 77.4. The van der Waals surface area contributed by atoms with Gasteiger partial charge in [-0.1, -0.05) is 408 Å². The summed E-state index contributed by atoms with van der Waals surface area (Å²) in [5.74, 6) is -0.554. The van der Waals surface area contributed by atoms with Crippen LogP contribution in [0.15, 0.2) is 0 Å². The van der Waals surface area contributed by atoms with E-state index >= 15 is 0 Å². The van der Waals surface area contributed by atoms with E-state index in [1.807, 2.05) is 0 Å². The topological polar surface area (TPSA) is 237 Å². The van der Waals surface area contributed by atoms with Crippen molar-refractivity contribution in [2.24, 2.45) is 11.8 Å². The first kappa shape index (κ1) is 103. The summed E-state index contributed by atoms with van der Waals surface area (Å²) < 4.78 is 68.9. The molecule has 0 aromatic carbocycles. The molecule has 5 atom stereocenters. The summed E-state index contributed by atoms with van der Waals surface area (Å²) in [7, 11) is -9.93. The quantitative estimate of drug-likeness (QED) is 0.0222. The highest BCUT2D eigenvalue weighted by molar-refractivity contribution is 7.47. The minimum absolute atomic E-state index is 0.106. The second-order valence-corrected chi connectivity index (χ2v) is 34.8. The predicted molar refractivity (Wildman–Crippen MR) is 432 cm³/mol. The van der Waals surface area contributed by atoms with Gasteiger partial charge in [-0.3, -0.25) is 37.3 Å². The van der Waals surface area contributed by atoms with E-state index in [0.29, 0.717) is 25.7 Å². The molecule has 0 heterocycles. The van der Waals surface area contributed by atoms with Crippen molar-refractivity contribution < 1.29 is 80.2 Å². The molecule has 105 heavy (non-hydrogen) atoms. The molecule has 0 saturated carbocycles. The molecule has 2 unspecified atom stereocenters. The molecular weight excluding hydrogens is 1370 g/mol. The number of carbonyl (C=O) groups is 4. The Bertz CT molecular complexity index is 2010. The lowest BCUT2D eigenvalue weighted by atomic mass is 10.0. The number of phosphoric acid groups is 2. The van der Waals surface area contributed by atoms with Crippen LogP contribution >= 0.6 is 15.6 Å². The summed E-state index contributed by atoms with van der Waals surface area (Å²) in [5.41, 5.74) is 0. The zero-order chi connectivity index (χ0) is 77.1. The molecule has 0 bridgehead atoms. The Morgan fingerprint density at radius 2 is 0.438 bits per heavy atom. The van der Waals surface area contributed by atoms with E-state index in [0.717, 1.165) is 102 Å². The molecular formula is C86H168O17P2. The number of phosphoric ester groups is 2. The van der Waals surface area contributed by atoms with Crippen LogP contribution in [-0.2, 0) is 65.4 Å². The molecule has 0 radical (unpaired) electrons. The fourth-order valence-corrected chi connectivity index (χ4v) is 15.0. The van der Waals surface area contributed by atoms with E-state index < -0.39 is 97.5 Å². The van der Waals surface area contributed by atoms with Gasteiger partial charge in [-0.2, -0.15) is 0 Å². The van der Waals surface area contributed by atoms with E-state index in [1.165, 1.54) is 276 Å². The van der Waals surface area contributed by atoms with Crippen LogP contribution < -0.4 is 0 Å². The summed E-state index contributed by atoms with van der Waals surface area (Å²) in [6, 6.07) is 0. The Labute approximate surface area is 645 Å². The van der Waals surface area contributed by atoms with Crippen LogP contribution in [0.3, 0.4) is 0 Å². The van der Waals surface area contributed by atoms with E-state index in [9.17, 15) is 43.2 Å². The third-order valence-corrected chi connectivity index (χ3v) is 22.1. The Hall–Kier alpha value is -1.94. The molecule has 0 saturated heterocycles. The van der Waals surface area contributed by atoms with Crippen LogP contribution in [0.25, 0.3) is 0 Å². The third kappa shape index (κ3) is 79.9. The van der Waals surface area contributed by atoms with Gasteiger partial charge in [0.2, 0.25) is 0 Å². The number of rotatable bonds is 85. The highest BCUT2D eigenvalue weighted by Gasteiger charge is 2.30. The summed E-state index contributed by atoms with van der Waals surface area (Å²) in [5, 5.41) is 10.7. The smallest absolute Gasteiger partial charge is 0.462 e. The van der Waals surface area contributed by atoms with Gasteiger partial charge in [-0.15, -0.1) is 0 Å². The number of hydrogen-bond acceptors (Lipinski definition) is 15. The van der Waals surface area contributed by atoms with Gasteiger partial charge in [0, 0.05) is 25.7 Å². The standard InChI is InChI=1S/C86H168O17P2/c1-7-9-11-13-15-17-19-21-22-23-24-25-26-27-28-33-36-40-46-52-58-64-70-85(90)102-81(74-97-84(89)69-63-57-51-45-39-35-32-30-29-31-34-37-42-48-54-60-66-78(3)4)76-100-104(92,93)98-72-80(87)73-99-105(94,95)101-77-82(103-86(91)71-65-59-53-47-41-43-49-55-61-67-79(5)6)75-96-83(88)68-62-56-50-44-38-20-18-16-14-12-10-8-2/h78-82,87H,7-77H2,1-6H3,(H,92,93)(H,94,95)/t80-,81-,82-/m1/s1. The van der Waals surface area contributed by atoms with E-state index in [1.54, 1.807) is 0 Å². The maximum Gasteiger partial charge on any atom is 0.472 e. The molecule has 0 rings (SSSR count). The molecule has 0 aliphatic heterocycles. The minimum atomic E-state index is -4.97. The first-order valence-electron chi connectivity index (χ1n) is 44.5. The van der Waals surface area contributed by atoms with Crippen molar-refractivity contribution >= 4 is 39.5 Å². The van der Waals surface area contributed by atoms with Gasteiger partial charge < -0.3 is 33.8 Å². The molecule has 0 aliphatic carbocycles. The Morgan fingerprint density at radius 3 is 0.648 bits per heavy atom. The molecule has 0 spiro atoms. The van der Waals surface area contributed by atoms with Crippen molar-refractivity contribution in [3.8, 4) is 0 Å². The number of carbonyl (C=O) groups excluding carboxylic acids is 4. The maximum atomic E-state index is 13.1. The van der Waals surface area contributed by atoms with Gasteiger partial charge in [0.25, 0.3) is 0 Å². The van der Waals surface area contributed by atoms with Crippen molar-refractivity contribution in [1.29, 1.82) is 0 Å². The van der Waals surface area contributed by atoms with Crippen LogP contribution in [-0.4, -0.2) is 96.7 Å². The largest absolute Gasteiger partial charge is 0.472 e. The maximum absolute atomic E-state index is 13.1. The van der Waals surface area contributed by atoms with E-state index in [4.69, 9.17) is 37.0 Å². The highest BCUT2D eigenvalue weighted by Crippen LogP contribution is 2.45. The number of ether oxygens (including phenoxy) is 4. The molecule has 19 heteroatoms. The first-order valence-corrected chi connectivity index (χ1v) is 47.5. The normalized spacial score (nSPS) is 13.8. The summed E-state index contributed by atoms with van der Waals surface area (Å²) in [4.78, 5) is 73.2. The van der Waals surface area contributed by atoms with Gasteiger partial charge in [-0.25, -0.2) is 9.13 Å². The number of aliphatic hydroxyl groups excluding tert-OH is 1. The Morgan fingerprint density at radius 1 is 0.257 bits per heavy atom. The van der Waals surface area contributed by atoms with Gasteiger partial charge >= 0.3 is 39.5 Å². The number of hydrogen-bond donors (Lipinski definition) is 3. The number of esters is 4. The van der Waals surface area contributed by atoms with Crippen molar-refractivity contribution in [2.45, 2.75) is 477 Å². The highest BCUT2D eigenvalue weighted by atomic mass is 31.2. The molecule has 0 aromatic rings. The molecule has 0 fully saturated rings. The lowest BCUT2D eigenvalue weighted by molar-refractivity contribution is -0.161. The Kier molecular flexibility index (Phi) is 76.0. The van der Waals surface area contributed by atoms with Crippen LogP contribution in [0.2, 0.25) is 0 Å². The van der Waals surface area contributed by atoms with E-state index in [-0.39, 0.29) is 25.7 Å². The summed E-state index contributed by atoms with van der Waals surface area (Å²) >= 11 is 0. The van der Waals surface area contributed by atoms with Crippen LogP contribution in [0, 0.1) is 11.8 Å².